The second-order valence-corrected chi connectivity index (χ2v) is 6.30. The Bertz CT molecular complexity index is 420. The zero-order chi connectivity index (χ0) is 12.6. The van der Waals surface area contributed by atoms with Crippen molar-refractivity contribution >= 4 is 31.9 Å². The van der Waals surface area contributed by atoms with Crippen molar-refractivity contribution in [1.82, 2.24) is 0 Å². The minimum Gasteiger partial charge on any atom is -0.388 e. The maximum atomic E-state index is 10.5. The van der Waals surface area contributed by atoms with Crippen LogP contribution in [0, 0.1) is 12.8 Å². The Kier molecular flexibility index (Phi) is 4.29. The quantitative estimate of drug-likeness (QED) is 0.861. The third-order valence-corrected chi connectivity index (χ3v) is 4.98. The molecule has 1 aromatic carbocycles. The summed E-state index contributed by atoms with van der Waals surface area (Å²) in [7, 11) is 0. The van der Waals surface area contributed by atoms with Crippen LogP contribution in [-0.4, -0.2) is 17.8 Å². The summed E-state index contributed by atoms with van der Waals surface area (Å²) < 4.78 is 7.51. The van der Waals surface area contributed by atoms with Crippen molar-refractivity contribution in [3.63, 3.8) is 0 Å². The zero-order valence-electron chi connectivity index (χ0n) is 9.91. The molecular formula is C13H16Br2O2. The number of benzene rings is 1. The standard InChI is InChI=1S/C13H16Br2O2/c1-7-5-12(15)10(6-11(7)14)13(16)9-3-4-17-8(9)2/h5-6,8-9,13,16H,3-4H2,1-2H3. The third-order valence-electron chi connectivity index (χ3n) is 3.44. The van der Waals surface area contributed by atoms with Gasteiger partial charge >= 0.3 is 0 Å². The smallest absolute Gasteiger partial charge is 0.0855 e. The third kappa shape index (κ3) is 2.75. The van der Waals surface area contributed by atoms with Gasteiger partial charge in [-0.1, -0.05) is 31.9 Å². The number of aliphatic hydroxyl groups excluding tert-OH is 1. The highest BCUT2D eigenvalue weighted by Crippen LogP contribution is 2.38. The molecular weight excluding hydrogens is 348 g/mol. The second-order valence-electron chi connectivity index (χ2n) is 4.60. The van der Waals surface area contributed by atoms with E-state index in [4.69, 9.17) is 4.74 Å². The second kappa shape index (κ2) is 5.39. The van der Waals surface area contributed by atoms with Crippen molar-refractivity contribution in [3.8, 4) is 0 Å². The van der Waals surface area contributed by atoms with Crippen LogP contribution in [0.15, 0.2) is 21.1 Å². The van der Waals surface area contributed by atoms with Gasteiger partial charge in [0.2, 0.25) is 0 Å². The first-order valence-electron chi connectivity index (χ1n) is 5.76. The monoisotopic (exact) mass is 362 g/mol. The first kappa shape index (κ1) is 13.5. The summed E-state index contributed by atoms with van der Waals surface area (Å²) >= 11 is 7.04. The van der Waals surface area contributed by atoms with Crippen LogP contribution < -0.4 is 0 Å². The van der Waals surface area contributed by atoms with Crippen molar-refractivity contribution in [2.45, 2.75) is 32.5 Å². The Balaban J connectivity index is 2.30. The maximum absolute atomic E-state index is 10.5. The Morgan fingerprint density at radius 2 is 2.06 bits per heavy atom. The van der Waals surface area contributed by atoms with Gasteiger partial charge in [-0.05, 0) is 43.5 Å². The van der Waals surface area contributed by atoms with Gasteiger partial charge in [-0.25, -0.2) is 0 Å². The maximum Gasteiger partial charge on any atom is 0.0855 e. The Labute approximate surface area is 119 Å². The minimum absolute atomic E-state index is 0.122. The molecule has 0 amide bonds. The number of aliphatic hydroxyl groups is 1. The molecule has 0 aromatic heterocycles. The van der Waals surface area contributed by atoms with Crippen molar-refractivity contribution in [2.24, 2.45) is 5.92 Å². The molecule has 1 aliphatic rings. The van der Waals surface area contributed by atoms with E-state index >= 15 is 0 Å². The lowest BCUT2D eigenvalue weighted by atomic mass is 9.90. The predicted octanol–water partition coefficient (Wildman–Crippen LogP) is 3.98. The normalized spacial score (nSPS) is 26.2. The Hall–Kier alpha value is 0.1000. The van der Waals surface area contributed by atoms with Crippen molar-refractivity contribution in [2.75, 3.05) is 6.61 Å². The van der Waals surface area contributed by atoms with E-state index in [2.05, 4.69) is 31.9 Å². The van der Waals surface area contributed by atoms with Crippen LogP contribution in [0.4, 0.5) is 0 Å². The highest BCUT2D eigenvalue weighted by Gasteiger charge is 2.32. The Morgan fingerprint density at radius 1 is 1.35 bits per heavy atom. The molecule has 1 N–H and O–H groups in total. The van der Waals surface area contributed by atoms with Gasteiger partial charge in [0.05, 0.1) is 12.2 Å². The lowest BCUT2D eigenvalue weighted by Gasteiger charge is -2.22. The average Bonchev–Trinajstić information content (AvgIpc) is 2.69. The number of aryl methyl sites for hydroxylation is 1. The van der Waals surface area contributed by atoms with E-state index in [-0.39, 0.29) is 12.0 Å². The molecule has 0 bridgehead atoms. The SMILES string of the molecule is Cc1cc(Br)c(C(O)C2CCOC2C)cc1Br. The topological polar surface area (TPSA) is 29.5 Å². The fraction of sp³-hybridized carbons (Fsp3) is 0.538. The molecule has 3 unspecified atom stereocenters. The van der Waals surface area contributed by atoms with Crippen molar-refractivity contribution < 1.29 is 9.84 Å². The number of hydrogen-bond donors (Lipinski definition) is 1. The number of ether oxygens (including phenoxy) is 1. The van der Waals surface area contributed by atoms with Crippen LogP contribution in [0.1, 0.15) is 30.6 Å². The van der Waals surface area contributed by atoms with E-state index in [9.17, 15) is 5.11 Å². The van der Waals surface area contributed by atoms with Crippen LogP contribution >= 0.6 is 31.9 Å². The number of hydrogen-bond acceptors (Lipinski definition) is 2. The molecule has 2 nitrogen and oxygen atoms in total. The predicted molar refractivity (Wildman–Crippen MR) is 75.1 cm³/mol. The molecule has 1 aromatic rings. The van der Waals surface area contributed by atoms with Crippen molar-refractivity contribution in [1.29, 1.82) is 0 Å². The summed E-state index contributed by atoms with van der Waals surface area (Å²) in [5.41, 5.74) is 2.09. The van der Waals surface area contributed by atoms with Gasteiger partial charge in [-0.15, -0.1) is 0 Å². The summed E-state index contributed by atoms with van der Waals surface area (Å²) in [6.07, 6.45) is 0.566. The lowest BCUT2D eigenvalue weighted by Crippen LogP contribution is -2.20. The molecule has 2 rings (SSSR count). The van der Waals surface area contributed by atoms with E-state index in [1.165, 1.54) is 0 Å². The molecule has 0 aliphatic carbocycles. The number of rotatable bonds is 2. The molecule has 94 valence electrons. The molecule has 3 atom stereocenters. The molecule has 1 heterocycles. The summed E-state index contributed by atoms with van der Waals surface area (Å²) in [4.78, 5) is 0. The number of halogens is 2. The fourth-order valence-electron chi connectivity index (χ4n) is 2.28. The molecule has 0 spiro atoms. The summed E-state index contributed by atoms with van der Waals surface area (Å²) in [5, 5.41) is 10.5. The van der Waals surface area contributed by atoms with Gasteiger partial charge < -0.3 is 9.84 Å². The fourth-order valence-corrected chi connectivity index (χ4v) is 3.34. The van der Waals surface area contributed by atoms with E-state index in [0.717, 1.165) is 33.1 Å². The molecule has 1 fully saturated rings. The summed E-state index contributed by atoms with van der Waals surface area (Å²) in [6.45, 7) is 4.80. The van der Waals surface area contributed by atoms with Gasteiger partial charge in [0, 0.05) is 21.5 Å². The molecule has 1 saturated heterocycles. The van der Waals surface area contributed by atoms with Crippen LogP contribution in [0.2, 0.25) is 0 Å². The van der Waals surface area contributed by atoms with E-state index in [0.29, 0.717) is 0 Å². The summed E-state index contributed by atoms with van der Waals surface area (Å²) in [6, 6.07) is 4.03. The molecule has 0 saturated carbocycles. The van der Waals surface area contributed by atoms with E-state index < -0.39 is 6.10 Å². The summed E-state index contributed by atoms with van der Waals surface area (Å²) in [5.74, 6) is 0.181. The van der Waals surface area contributed by atoms with Crippen LogP contribution in [0.5, 0.6) is 0 Å². The van der Waals surface area contributed by atoms with Gasteiger partial charge in [0.25, 0.3) is 0 Å². The highest BCUT2D eigenvalue weighted by molar-refractivity contribution is 9.11. The van der Waals surface area contributed by atoms with Gasteiger partial charge in [0.1, 0.15) is 0 Å². The van der Waals surface area contributed by atoms with Crippen LogP contribution in [0.25, 0.3) is 0 Å². The average molecular weight is 364 g/mol. The van der Waals surface area contributed by atoms with Crippen molar-refractivity contribution in [3.05, 3.63) is 32.2 Å². The van der Waals surface area contributed by atoms with E-state index in [1.807, 2.05) is 26.0 Å². The van der Waals surface area contributed by atoms with Gasteiger partial charge in [-0.2, -0.15) is 0 Å². The van der Waals surface area contributed by atoms with Crippen LogP contribution in [0.3, 0.4) is 0 Å². The Morgan fingerprint density at radius 3 is 2.65 bits per heavy atom. The van der Waals surface area contributed by atoms with Gasteiger partial charge in [0.15, 0.2) is 0 Å². The zero-order valence-corrected chi connectivity index (χ0v) is 13.1. The lowest BCUT2D eigenvalue weighted by molar-refractivity contribution is 0.0428. The first-order chi connectivity index (χ1) is 8.00. The molecule has 1 aliphatic heterocycles. The molecule has 0 radical (unpaired) electrons. The molecule has 17 heavy (non-hydrogen) atoms. The highest BCUT2D eigenvalue weighted by atomic mass is 79.9. The largest absolute Gasteiger partial charge is 0.388 e. The minimum atomic E-state index is -0.473. The molecule has 4 heteroatoms. The van der Waals surface area contributed by atoms with Gasteiger partial charge in [-0.3, -0.25) is 0 Å². The van der Waals surface area contributed by atoms with E-state index in [1.54, 1.807) is 0 Å². The van der Waals surface area contributed by atoms with Crippen LogP contribution in [-0.2, 0) is 4.74 Å². The first-order valence-corrected chi connectivity index (χ1v) is 7.34.